The number of ether oxygens (including phenoxy) is 3. The van der Waals surface area contributed by atoms with E-state index in [9.17, 15) is 9.59 Å². The number of pyridine rings is 1. The molecular formula is C26H33ClN6O5. The predicted octanol–water partition coefficient (Wildman–Crippen LogP) is 3.66. The van der Waals surface area contributed by atoms with E-state index in [4.69, 9.17) is 25.8 Å². The highest BCUT2D eigenvalue weighted by molar-refractivity contribution is 6.34. The van der Waals surface area contributed by atoms with Crippen LogP contribution in [0.2, 0.25) is 5.02 Å². The molecule has 0 spiro atoms. The van der Waals surface area contributed by atoms with Gasteiger partial charge < -0.3 is 24.0 Å². The van der Waals surface area contributed by atoms with Crippen molar-refractivity contribution < 1.29 is 23.8 Å². The number of methoxy groups -OCH3 is 2. The maximum atomic E-state index is 13.4. The number of fused-ring (bicyclic) bond motifs is 1. The lowest BCUT2D eigenvalue weighted by Crippen LogP contribution is -2.71. The van der Waals surface area contributed by atoms with Crippen LogP contribution in [0.5, 0.6) is 5.75 Å². The molecule has 0 aromatic carbocycles. The van der Waals surface area contributed by atoms with Crippen LogP contribution in [0.25, 0.3) is 16.6 Å². The zero-order valence-corrected chi connectivity index (χ0v) is 23.1. The van der Waals surface area contributed by atoms with Crippen molar-refractivity contribution in [3.05, 3.63) is 35.9 Å². The zero-order chi connectivity index (χ0) is 27.2. The Morgan fingerprint density at radius 2 is 1.74 bits per heavy atom. The molecule has 38 heavy (non-hydrogen) atoms. The molecule has 0 atom stereocenters. The molecule has 5 heterocycles. The van der Waals surface area contributed by atoms with Crippen LogP contribution in [0.4, 0.5) is 4.79 Å². The first-order chi connectivity index (χ1) is 18.0. The van der Waals surface area contributed by atoms with E-state index in [0.717, 1.165) is 29.5 Å². The summed E-state index contributed by atoms with van der Waals surface area (Å²) < 4.78 is 20.2. The molecule has 2 aliphatic heterocycles. The van der Waals surface area contributed by atoms with Gasteiger partial charge in [-0.2, -0.15) is 10.2 Å². The molecule has 2 amide bonds. The second-order valence-corrected chi connectivity index (χ2v) is 11.3. The van der Waals surface area contributed by atoms with Crippen LogP contribution in [0, 0.1) is 0 Å². The van der Waals surface area contributed by atoms with Gasteiger partial charge in [-0.1, -0.05) is 11.6 Å². The molecule has 2 aliphatic rings. The molecule has 3 aromatic rings. The second kappa shape index (κ2) is 9.77. The Labute approximate surface area is 226 Å². The highest BCUT2D eigenvalue weighted by Gasteiger charge is 2.54. The molecule has 204 valence electrons. The van der Waals surface area contributed by atoms with Gasteiger partial charge in [0.1, 0.15) is 16.9 Å². The topological polar surface area (TPSA) is 103 Å². The molecule has 0 radical (unpaired) electrons. The average Bonchev–Trinajstić information content (AvgIpc) is 3.49. The average molecular weight is 545 g/mol. The fourth-order valence-corrected chi connectivity index (χ4v) is 5.27. The van der Waals surface area contributed by atoms with Gasteiger partial charge in [0.2, 0.25) is 0 Å². The Balaban J connectivity index is 1.21. The number of piperidine rings is 1. The van der Waals surface area contributed by atoms with E-state index in [-0.39, 0.29) is 25.0 Å². The van der Waals surface area contributed by atoms with E-state index >= 15 is 0 Å². The van der Waals surface area contributed by atoms with Crippen molar-refractivity contribution in [3.8, 4) is 16.9 Å². The Morgan fingerprint density at radius 1 is 1.03 bits per heavy atom. The predicted molar refractivity (Wildman–Crippen MR) is 140 cm³/mol. The standard InChI is InChI=1S/C26H33ClN6O5/c1-25(2,3)38-24(35)31-15-26(16-31,37-5)23(34)30-8-6-19(7-9-30)32-14-18(11-28-32)17-10-21(36-4)22-20(27)12-29-33(22)13-17/h10-14,19H,6-9,15-16H2,1-5H3. The SMILES string of the molecule is COc1cc(-c2cnn(C3CCN(C(=O)C4(OC)CN(C(=O)OC(C)(C)C)C4)CC3)c2)cn2ncc(Cl)c12. The number of nitrogens with zero attached hydrogens (tertiary/aromatic N) is 6. The molecule has 0 bridgehead atoms. The van der Waals surface area contributed by atoms with Crippen LogP contribution in [0.15, 0.2) is 30.9 Å². The molecule has 3 aromatic heterocycles. The molecule has 11 nitrogen and oxygen atoms in total. The summed E-state index contributed by atoms with van der Waals surface area (Å²) in [6.07, 6.45) is 8.42. The third kappa shape index (κ3) is 4.80. The Hall–Kier alpha value is -3.31. The van der Waals surface area contributed by atoms with Crippen molar-refractivity contribution in [1.82, 2.24) is 29.2 Å². The number of halogens is 1. The van der Waals surface area contributed by atoms with Gasteiger partial charge in [0.15, 0.2) is 5.60 Å². The largest absolute Gasteiger partial charge is 0.494 e. The summed E-state index contributed by atoms with van der Waals surface area (Å²) in [5.74, 6) is 0.551. The minimum absolute atomic E-state index is 0.0855. The molecule has 2 saturated heterocycles. The van der Waals surface area contributed by atoms with Crippen molar-refractivity contribution in [2.75, 3.05) is 40.4 Å². The molecule has 0 saturated carbocycles. The summed E-state index contributed by atoms with van der Waals surface area (Å²) in [4.78, 5) is 29.0. The Kier molecular flexibility index (Phi) is 6.77. The number of aromatic nitrogens is 4. The van der Waals surface area contributed by atoms with Gasteiger partial charge >= 0.3 is 6.09 Å². The number of amides is 2. The molecule has 0 unspecified atom stereocenters. The van der Waals surface area contributed by atoms with Gasteiger partial charge in [-0.3, -0.25) is 9.48 Å². The fourth-order valence-electron chi connectivity index (χ4n) is 5.05. The van der Waals surface area contributed by atoms with Crippen molar-refractivity contribution in [2.45, 2.75) is 50.9 Å². The third-order valence-electron chi connectivity index (χ3n) is 7.14. The van der Waals surface area contributed by atoms with Crippen LogP contribution >= 0.6 is 11.6 Å². The molecule has 2 fully saturated rings. The summed E-state index contributed by atoms with van der Waals surface area (Å²) in [7, 11) is 3.12. The lowest BCUT2D eigenvalue weighted by Gasteiger charge is -2.49. The highest BCUT2D eigenvalue weighted by Crippen LogP contribution is 2.34. The second-order valence-electron chi connectivity index (χ2n) is 10.9. The first kappa shape index (κ1) is 26.3. The molecule has 5 rings (SSSR count). The number of carbonyl (C=O) groups excluding carboxylic acids is 2. The van der Waals surface area contributed by atoms with Gasteiger partial charge in [0.05, 0.1) is 43.7 Å². The lowest BCUT2D eigenvalue weighted by atomic mass is 9.91. The van der Waals surface area contributed by atoms with Crippen molar-refractivity contribution in [2.24, 2.45) is 0 Å². The molecule has 0 N–H and O–H groups in total. The first-order valence-electron chi connectivity index (χ1n) is 12.6. The fraction of sp³-hybridized carbons (Fsp3) is 0.538. The summed E-state index contributed by atoms with van der Waals surface area (Å²) in [5.41, 5.74) is 0.957. The quantitative estimate of drug-likeness (QED) is 0.483. The van der Waals surface area contributed by atoms with E-state index < -0.39 is 17.3 Å². The van der Waals surface area contributed by atoms with Gasteiger partial charge in [-0.25, -0.2) is 9.31 Å². The van der Waals surface area contributed by atoms with Crippen LogP contribution in [-0.4, -0.2) is 92.8 Å². The first-order valence-corrected chi connectivity index (χ1v) is 13.0. The molecular weight excluding hydrogens is 512 g/mol. The van der Waals surface area contributed by atoms with E-state index in [2.05, 4.69) is 10.2 Å². The number of hydrogen-bond acceptors (Lipinski definition) is 7. The highest BCUT2D eigenvalue weighted by atomic mass is 35.5. The van der Waals surface area contributed by atoms with Crippen molar-refractivity contribution >= 4 is 29.1 Å². The van der Waals surface area contributed by atoms with Crippen molar-refractivity contribution in [1.29, 1.82) is 0 Å². The van der Waals surface area contributed by atoms with E-state index in [1.54, 1.807) is 17.8 Å². The smallest absolute Gasteiger partial charge is 0.410 e. The van der Waals surface area contributed by atoms with Gasteiger partial charge in [-0.15, -0.1) is 0 Å². The van der Waals surface area contributed by atoms with E-state index in [1.165, 1.54) is 12.0 Å². The van der Waals surface area contributed by atoms with Crippen LogP contribution in [-0.2, 0) is 14.3 Å². The van der Waals surface area contributed by atoms with Gasteiger partial charge in [0.25, 0.3) is 5.91 Å². The molecule has 0 aliphatic carbocycles. The minimum atomic E-state index is -1.02. The zero-order valence-electron chi connectivity index (χ0n) is 22.3. The summed E-state index contributed by atoms with van der Waals surface area (Å²) in [6, 6.07) is 2.09. The van der Waals surface area contributed by atoms with E-state index in [0.29, 0.717) is 23.9 Å². The minimum Gasteiger partial charge on any atom is -0.494 e. The molecule has 12 heteroatoms. The summed E-state index contributed by atoms with van der Waals surface area (Å²) in [5, 5.41) is 9.44. The number of hydrogen-bond donors (Lipinski definition) is 0. The monoisotopic (exact) mass is 544 g/mol. The lowest BCUT2D eigenvalue weighted by molar-refractivity contribution is -0.176. The van der Waals surface area contributed by atoms with Crippen LogP contribution in [0.3, 0.4) is 0 Å². The van der Waals surface area contributed by atoms with Crippen LogP contribution < -0.4 is 4.74 Å². The van der Waals surface area contributed by atoms with Crippen molar-refractivity contribution in [3.63, 3.8) is 0 Å². The number of likely N-dealkylation sites (tertiary alicyclic amines) is 2. The maximum Gasteiger partial charge on any atom is 0.410 e. The Bertz CT molecular complexity index is 1350. The van der Waals surface area contributed by atoms with E-state index in [1.807, 2.05) is 55.0 Å². The third-order valence-corrected chi connectivity index (χ3v) is 7.41. The van der Waals surface area contributed by atoms with Gasteiger partial charge in [0, 0.05) is 43.7 Å². The number of rotatable bonds is 5. The van der Waals surface area contributed by atoms with Crippen LogP contribution in [0.1, 0.15) is 39.7 Å². The van der Waals surface area contributed by atoms with Gasteiger partial charge in [-0.05, 0) is 39.7 Å². The normalized spacial score (nSPS) is 17.9. The number of carbonyl (C=O) groups is 2. The summed E-state index contributed by atoms with van der Waals surface area (Å²) in [6.45, 7) is 7.00. The maximum absolute atomic E-state index is 13.4. The summed E-state index contributed by atoms with van der Waals surface area (Å²) >= 11 is 6.25. The Morgan fingerprint density at radius 3 is 2.37 bits per heavy atom.